The van der Waals surface area contributed by atoms with Gasteiger partial charge in [-0.15, -0.1) is 5.10 Å². The van der Waals surface area contributed by atoms with Crippen LogP contribution in [-0.2, 0) is 12.0 Å². The average Bonchev–Trinajstić information content (AvgIpc) is 3.03. The van der Waals surface area contributed by atoms with Crippen molar-refractivity contribution in [2.24, 2.45) is 0 Å². The minimum Gasteiger partial charge on any atom is -0.505 e. The van der Waals surface area contributed by atoms with E-state index in [1.54, 1.807) is 16.9 Å². The lowest BCUT2D eigenvalue weighted by atomic mass is 9.87. The molecule has 0 saturated heterocycles. The van der Waals surface area contributed by atoms with Crippen LogP contribution >= 0.6 is 0 Å². The van der Waals surface area contributed by atoms with Crippen LogP contribution < -0.4 is 0 Å². The third-order valence-corrected chi connectivity index (χ3v) is 4.67. The Hall–Kier alpha value is -3.15. The van der Waals surface area contributed by atoms with Crippen LogP contribution in [0, 0.1) is 0 Å². The highest BCUT2D eigenvalue weighted by Gasteiger charge is 2.19. The van der Waals surface area contributed by atoms with Gasteiger partial charge in [-0.3, -0.25) is 4.98 Å². The first kappa shape index (κ1) is 16.3. The zero-order valence-electron chi connectivity index (χ0n) is 14.9. The molecule has 2 aromatic heterocycles. The molecular formula is C20H20N4O2. The molecule has 0 aliphatic carbocycles. The highest BCUT2D eigenvalue weighted by atomic mass is 16.3. The molecule has 132 valence electrons. The molecule has 6 nitrogen and oxygen atoms in total. The molecule has 0 aliphatic rings. The Bertz CT molecular complexity index is 1110. The van der Waals surface area contributed by atoms with E-state index < -0.39 is 0 Å². The van der Waals surface area contributed by atoms with Gasteiger partial charge in [0.05, 0.1) is 6.54 Å². The van der Waals surface area contributed by atoms with Crippen molar-refractivity contribution in [3.8, 4) is 11.5 Å². The van der Waals surface area contributed by atoms with Crippen molar-refractivity contribution in [2.45, 2.75) is 32.7 Å². The molecule has 4 aromatic rings. The predicted molar refractivity (Wildman–Crippen MR) is 100 cm³/mol. The number of pyridine rings is 1. The second kappa shape index (κ2) is 5.69. The molecule has 0 amide bonds. The third-order valence-electron chi connectivity index (χ3n) is 4.67. The smallest absolute Gasteiger partial charge is 0.159 e. The van der Waals surface area contributed by atoms with Gasteiger partial charge in [-0.1, -0.05) is 50.3 Å². The maximum Gasteiger partial charge on any atom is 0.159 e. The van der Waals surface area contributed by atoms with Crippen LogP contribution in [0.2, 0.25) is 0 Å². The topological polar surface area (TPSA) is 84.1 Å². The first-order valence-corrected chi connectivity index (χ1v) is 8.46. The summed E-state index contributed by atoms with van der Waals surface area (Å²) in [7, 11) is 0. The summed E-state index contributed by atoms with van der Waals surface area (Å²) in [6, 6.07) is 9.95. The van der Waals surface area contributed by atoms with E-state index in [9.17, 15) is 10.2 Å². The van der Waals surface area contributed by atoms with Crippen molar-refractivity contribution in [3.05, 3.63) is 53.9 Å². The van der Waals surface area contributed by atoms with E-state index in [1.165, 1.54) is 11.8 Å². The van der Waals surface area contributed by atoms with Crippen molar-refractivity contribution in [1.82, 2.24) is 20.0 Å². The van der Waals surface area contributed by atoms with E-state index in [0.717, 1.165) is 5.56 Å². The maximum absolute atomic E-state index is 10.7. The van der Waals surface area contributed by atoms with Gasteiger partial charge in [0.1, 0.15) is 5.52 Å². The standard InChI is InChI=1S/C20H20N4O2/c1-20(2,3)13-6-4-12(5-7-13)11-24-17-16(22-23-24)18(25)14-8-9-21-10-15(14)19(17)26/h4-10,25-26H,11H2,1-3H3. The van der Waals surface area contributed by atoms with Gasteiger partial charge in [0.2, 0.25) is 0 Å². The minimum absolute atomic E-state index is 0.00419. The third kappa shape index (κ3) is 2.54. The molecule has 0 radical (unpaired) electrons. The lowest BCUT2D eigenvalue weighted by Gasteiger charge is -2.19. The Morgan fingerprint density at radius 2 is 1.69 bits per heavy atom. The van der Waals surface area contributed by atoms with Gasteiger partial charge in [-0.2, -0.15) is 0 Å². The number of aromatic nitrogens is 4. The molecule has 0 atom stereocenters. The van der Waals surface area contributed by atoms with Crippen LogP contribution in [0.25, 0.3) is 21.8 Å². The van der Waals surface area contributed by atoms with Crippen molar-refractivity contribution in [2.75, 3.05) is 0 Å². The van der Waals surface area contributed by atoms with Crippen LogP contribution in [0.4, 0.5) is 0 Å². The summed E-state index contributed by atoms with van der Waals surface area (Å²) in [5.41, 5.74) is 3.07. The Kier molecular flexibility index (Phi) is 3.57. The quantitative estimate of drug-likeness (QED) is 0.539. The van der Waals surface area contributed by atoms with Gasteiger partial charge in [0.25, 0.3) is 0 Å². The Labute approximate surface area is 150 Å². The molecule has 0 bridgehead atoms. The lowest BCUT2D eigenvalue weighted by molar-refractivity contribution is 0.475. The SMILES string of the molecule is CC(C)(C)c1ccc(Cn2nnc3c(O)c4ccncc4c(O)c32)cc1. The first-order valence-electron chi connectivity index (χ1n) is 8.46. The van der Waals surface area contributed by atoms with Gasteiger partial charge in [-0.05, 0) is 22.6 Å². The van der Waals surface area contributed by atoms with Gasteiger partial charge < -0.3 is 10.2 Å². The number of phenolic OH excluding ortho intramolecular Hbond substituents is 2. The summed E-state index contributed by atoms with van der Waals surface area (Å²) in [5.74, 6) is 0.0294. The molecule has 0 saturated carbocycles. The van der Waals surface area contributed by atoms with E-state index in [1.807, 2.05) is 12.1 Å². The molecule has 26 heavy (non-hydrogen) atoms. The van der Waals surface area contributed by atoms with Crippen molar-refractivity contribution in [1.29, 1.82) is 0 Å². The molecule has 6 heteroatoms. The van der Waals surface area contributed by atoms with Crippen LogP contribution in [0.1, 0.15) is 31.9 Å². The summed E-state index contributed by atoms with van der Waals surface area (Å²) in [4.78, 5) is 4.03. The van der Waals surface area contributed by atoms with E-state index in [4.69, 9.17) is 0 Å². The zero-order valence-corrected chi connectivity index (χ0v) is 14.9. The van der Waals surface area contributed by atoms with E-state index in [2.05, 4.69) is 48.2 Å². The van der Waals surface area contributed by atoms with Gasteiger partial charge >= 0.3 is 0 Å². The number of aromatic hydroxyl groups is 2. The van der Waals surface area contributed by atoms with Crippen LogP contribution in [-0.4, -0.2) is 30.2 Å². The summed E-state index contributed by atoms with van der Waals surface area (Å²) in [6.45, 7) is 6.96. The average molecular weight is 348 g/mol. The van der Waals surface area contributed by atoms with Gasteiger partial charge in [-0.25, -0.2) is 4.68 Å². The van der Waals surface area contributed by atoms with E-state index in [-0.39, 0.29) is 22.4 Å². The van der Waals surface area contributed by atoms with E-state index in [0.29, 0.717) is 22.8 Å². The molecule has 2 heterocycles. The zero-order chi connectivity index (χ0) is 18.5. The number of fused-ring (bicyclic) bond motifs is 2. The number of nitrogens with zero attached hydrogens (tertiary/aromatic N) is 4. The molecular weight excluding hydrogens is 328 g/mol. The molecule has 0 fully saturated rings. The van der Waals surface area contributed by atoms with E-state index >= 15 is 0 Å². The fraction of sp³-hybridized carbons (Fsp3) is 0.250. The van der Waals surface area contributed by atoms with Gasteiger partial charge in [0.15, 0.2) is 17.0 Å². The highest BCUT2D eigenvalue weighted by molar-refractivity contribution is 6.07. The Morgan fingerprint density at radius 3 is 2.38 bits per heavy atom. The molecule has 2 N–H and O–H groups in total. The first-order chi connectivity index (χ1) is 12.4. The molecule has 0 spiro atoms. The van der Waals surface area contributed by atoms with Crippen LogP contribution in [0.15, 0.2) is 42.7 Å². The molecule has 2 aromatic carbocycles. The minimum atomic E-state index is 0.00419. The number of hydrogen-bond acceptors (Lipinski definition) is 5. The normalized spacial score (nSPS) is 12.1. The number of benzene rings is 2. The largest absolute Gasteiger partial charge is 0.505 e. The van der Waals surface area contributed by atoms with Crippen LogP contribution in [0.5, 0.6) is 11.5 Å². The van der Waals surface area contributed by atoms with Crippen LogP contribution in [0.3, 0.4) is 0 Å². The second-order valence-electron chi connectivity index (χ2n) is 7.51. The fourth-order valence-corrected chi connectivity index (χ4v) is 3.15. The number of hydrogen-bond donors (Lipinski definition) is 2. The lowest BCUT2D eigenvalue weighted by Crippen LogP contribution is -2.11. The Morgan fingerprint density at radius 1 is 0.962 bits per heavy atom. The van der Waals surface area contributed by atoms with Crippen molar-refractivity contribution in [3.63, 3.8) is 0 Å². The number of rotatable bonds is 2. The molecule has 0 unspecified atom stereocenters. The van der Waals surface area contributed by atoms with Crippen molar-refractivity contribution >= 4 is 21.8 Å². The maximum atomic E-state index is 10.7. The fourth-order valence-electron chi connectivity index (χ4n) is 3.15. The highest BCUT2D eigenvalue weighted by Crippen LogP contribution is 2.39. The summed E-state index contributed by atoms with van der Waals surface area (Å²) in [6.07, 6.45) is 3.09. The molecule has 4 rings (SSSR count). The summed E-state index contributed by atoms with van der Waals surface area (Å²) < 4.78 is 1.60. The van der Waals surface area contributed by atoms with Crippen molar-refractivity contribution < 1.29 is 10.2 Å². The summed E-state index contributed by atoms with van der Waals surface area (Å²) >= 11 is 0. The Balaban J connectivity index is 1.81. The second-order valence-corrected chi connectivity index (χ2v) is 7.51. The summed E-state index contributed by atoms with van der Waals surface area (Å²) in [5, 5.41) is 30.3. The molecule has 0 aliphatic heterocycles. The monoisotopic (exact) mass is 348 g/mol. The van der Waals surface area contributed by atoms with Gasteiger partial charge in [0, 0.05) is 23.2 Å². The number of phenols is 2. The predicted octanol–water partition coefficient (Wildman–Crippen LogP) is 3.74.